The summed E-state index contributed by atoms with van der Waals surface area (Å²) in [5.74, 6) is -0.598. The number of amides is 2. The van der Waals surface area contributed by atoms with Crippen molar-refractivity contribution in [2.24, 2.45) is 5.73 Å². The fraction of sp³-hybridized carbons (Fsp3) is 0.529. The van der Waals surface area contributed by atoms with Crippen molar-refractivity contribution in [2.45, 2.75) is 13.8 Å². The number of carbonyl (C=O) groups is 2. The zero-order chi connectivity index (χ0) is 19.3. The number of hydrogen-bond acceptors (Lipinski definition) is 6. The lowest BCUT2D eigenvalue weighted by Gasteiger charge is -2.36. The van der Waals surface area contributed by atoms with Crippen LogP contribution in [0.4, 0.5) is 11.4 Å². The highest BCUT2D eigenvalue weighted by Gasteiger charge is 2.26. The second-order valence-corrected chi connectivity index (χ2v) is 6.15. The van der Waals surface area contributed by atoms with E-state index < -0.39 is 10.8 Å². The monoisotopic (exact) mass is 363 g/mol. The molecule has 1 aromatic carbocycles. The Morgan fingerprint density at radius 3 is 2.31 bits per heavy atom. The van der Waals surface area contributed by atoms with E-state index in [-0.39, 0.29) is 17.2 Å². The minimum Gasteiger partial charge on any atom is -0.366 e. The average Bonchev–Trinajstić information content (AvgIpc) is 2.62. The van der Waals surface area contributed by atoms with Gasteiger partial charge in [-0.1, -0.05) is 0 Å². The maximum Gasteiger partial charge on any atom is 0.293 e. The Balaban J connectivity index is 2.05. The van der Waals surface area contributed by atoms with E-state index >= 15 is 0 Å². The van der Waals surface area contributed by atoms with Crippen molar-refractivity contribution >= 4 is 23.2 Å². The minimum atomic E-state index is -0.695. The Labute approximate surface area is 152 Å². The van der Waals surface area contributed by atoms with E-state index in [9.17, 15) is 19.7 Å². The summed E-state index contributed by atoms with van der Waals surface area (Å²) in [6, 6.07) is 4.28. The van der Waals surface area contributed by atoms with Crippen molar-refractivity contribution < 1.29 is 14.5 Å². The molecule has 2 rings (SSSR count). The number of nitro benzene ring substituents is 1. The van der Waals surface area contributed by atoms with E-state index in [4.69, 9.17) is 5.73 Å². The minimum absolute atomic E-state index is 0.0974. The SMILES string of the molecule is CCN(CC)C(=O)CN1CCN(c2ccc(C(N)=O)cc2[N+](=O)[O-])CC1. The van der Waals surface area contributed by atoms with Crippen molar-refractivity contribution in [3.63, 3.8) is 0 Å². The number of hydrogen-bond donors (Lipinski definition) is 1. The number of benzene rings is 1. The first-order valence-corrected chi connectivity index (χ1v) is 8.70. The van der Waals surface area contributed by atoms with Gasteiger partial charge in [-0.05, 0) is 26.0 Å². The first-order valence-electron chi connectivity index (χ1n) is 8.70. The number of carbonyl (C=O) groups excluding carboxylic acids is 2. The maximum atomic E-state index is 12.2. The van der Waals surface area contributed by atoms with Gasteiger partial charge in [0.1, 0.15) is 5.69 Å². The topological polar surface area (TPSA) is 113 Å². The number of likely N-dealkylation sites (N-methyl/N-ethyl adjacent to an activating group) is 1. The molecule has 1 aliphatic rings. The van der Waals surface area contributed by atoms with Crippen LogP contribution in [0.5, 0.6) is 0 Å². The fourth-order valence-electron chi connectivity index (χ4n) is 3.10. The Kier molecular flexibility index (Phi) is 6.51. The Bertz CT molecular complexity index is 682. The molecular weight excluding hydrogens is 338 g/mol. The van der Waals surface area contributed by atoms with Crippen LogP contribution in [0.2, 0.25) is 0 Å². The normalized spacial score (nSPS) is 14.9. The van der Waals surface area contributed by atoms with E-state index in [1.165, 1.54) is 12.1 Å². The number of rotatable bonds is 7. The predicted octanol–water partition coefficient (Wildman–Crippen LogP) is 0.684. The van der Waals surface area contributed by atoms with E-state index in [0.717, 1.165) is 0 Å². The third kappa shape index (κ3) is 4.48. The van der Waals surface area contributed by atoms with Crippen LogP contribution in [0.15, 0.2) is 18.2 Å². The van der Waals surface area contributed by atoms with Gasteiger partial charge in [-0.2, -0.15) is 0 Å². The summed E-state index contributed by atoms with van der Waals surface area (Å²) in [6.45, 7) is 8.07. The molecule has 1 aromatic rings. The number of piperazine rings is 1. The summed E-state index contributed by atoms with van der Waals surface area (Å²) in [5.41, 5.74) is 5.66. The first kappa shape index (κ1) is 19.6. The predicted molar refractivity (Wildman–Crippen MR) is 98.2 cm³/mol. The molecule has 2 N–H and O–H groups in total. The van der Waals surface area contributed by atoms with Crippen LogP contribution in [0.1, 0.15) is 24.2 Å². The third-order valence-electron chi connectivity index (χ3n) is 4.64. The molecule has 0 bridgehead atoms. The van der Waals surface area contributed by atoms with Gasteiger partial charge in [0.25, 0.3) is 5.69 Å². The summed E-state index contributed by atoms with van der Waals surface area (Å²) < 4.78 is 0. The van der Waals surface area contributed by atoms with Gasteiger partial charge in [0.2, 0.25) is 11.8 Å². The van der Waals surface area contributed by atoms with Gasteiger partial charge in [0.05, 0.1) is 11.5 Å². The summed E-state index contributed by atoms with van der Waals surface area (Å²) in [4.78, 5) is 40.1. The molecular formula is C17H25N5O4. The first-order chi connectivity index (χ1) is 12.4. The van der Waals surface area contributed by atoms with Crippen molar-refractivity contribution in [3.05, 3.63) is 33.9 Å². The highest BCUT2D eigenvalue weighted by Crippen LogP contribution is 2.30. The van der Waals surface area contributed by atoms with Crippen LogP contribution in [-0.4, -0.2) is 72.4 Å². The largest absolute Gasteiger partial charge is 0.366 e. The van der Waals surface area contributed by atoms with Crippen LogP contribution in [0, 0.1) is 10.1 Å². The molecule has 0 aliphatic carbocycles. The lowest BCUT2D eigenvalue weighted by Crippen LogP contribution is -2.50. The second kappa shape index (κ2) is 8.61. The van der Waals surface area contributed by atoms with Gasteiger partial charge in [-0.25, -0.2) is 0 Å². The van der Waals surface area contributed by atoms with Gasteiger partial charge in [-0.15, -0.1) is 0 Å². The van der Waals surface area contributed by atoms with E-state index in [1.807, 2.05) is 18.7 Å². The molecule has 0 unspecified atom stereocenters. The second-order valence-electron chi connectivity index (χ2n) is 6.15. The molecule has 142 valence electrons. The standard InChI is InChI=1S/C17H25N5O4/c1-3-20(4-2)16(23)12-19-7-9-21(10-8-19)14-6-5-13(17(18)24)11-15(14)22(25)26/h5-6,11H,3-4,7-10,12H2,1-2H3,(H2,18,24). The van der Waals surface area contributed by atoms with Crippen LogP contribution in [0.3, 0.4) is 0 Å². The number of nitro groups is 1. The molecule has 9 nitrogen and oxygen atoms in total. The molecule has 0 aromatic heterocycles. The van der Waals surface area contributed by atoms with Crippen LogP contribution < -0.4 is 10.6 Å². The molecule has 0 atom stereocenters. The highest BCUT2D eigenvalue weighted by molar-refractivity contribution is 5.94. The van der Waals surface area contributed by atoms with Gasteiger partial charge in [-0.3, -0.25) is 24.6 Å². The number of primary amides is 1. The smallest absolute Gasteiger partial charge is 0.293 e. The Morgan fingerprint density at radius 1 is 1.19 bits per heavy atom. The Hall–Kier alpha value is -2.68. The Morgan fingerprint density at radius 2 is 1.81 bits per heavy atom. The van der Waals surface area contributed by atoms with Gasteiger partial charge >= 0.3 is 0 Å². The summed E-state index contributed by atoms with van der Waals surface area (Å²) in [5, 5.41) is 11.4. The third-order valence-corrected chi connectivity index (χ3v) is 4.64. The molecule has 1 fully saturated rings. The van der Waals surface area contributed by atoms with Crippen molar-refractivity contribution in [3.8, 4) is 0 Å². The summed E-state index contributed by atoms with van der Waals surface area (Å²) >= 11 is 0. The lowest BCUT2D eigenvalue weighted by atomic mass is 10.1. The van der Waals surface area contributed by atoms with Crippen molar-refractivity contribution in [1.29, 1.82) is 0 Å². The number of nitrogens with zero attached hydrogens (tertiary/aromatic N) is 4. The molecule has 26 heavy (non-hydrogen) atoms. The van der Waals surface area contributed by atoms with E-state index in [0.29, 0.717) is 51.5 Å². The van der Waals surface area contributed by atoms with Gasteiger partial charge in [0, 0.05) is 50.9 Å². The average molecular weight is 363 g/mol. The van der Waals surface area contributed by atoms with Crippen LogP contribution >= 0.6 is 0 Å². The zero-order valence-electron chi connectivity index (χ0n) is 15.2. The molecule has 0 saturated carbocycles. The van der Waals surface area contributed by atoms with E-state index in [1.54, 1.807) is 11.0 Å². The molecule has 1 heterocycles. The van der Waals surface area contributed by atoms with Gasteiger partial charge in [0.15, 0.2) is 0 Å². The molecule has 9 heteroatoms. The maximum absolute atomic E-state index is 12.2. The van der Waals surface area contributed by atoms with Crippen LogP contribution in [0.25, 0.3) is 0 Å². The molecule has 1 saturated heterocycles. The molecule has 2 amide bonds. The quantitative estimate of drug-likeness (QED) is 0.563. The lowest BCUT2D eigenvalue weighted by molar-refractivity contribution is -0.384. The zero-order valence-corrected chi connectivity index (χ0v) is 15.2. The molecule has 1 aliphatic heterocycles. The summed E-state index contributed by atoms with van der Waals surface area (Å²) in [6.07, 6.45) is 0. The molecule has 0 radical (unpaired) electrons. The van der Waals surface area contributed by atoms with Gasteiger partial charge < -0.3 is 15.5 Å². The number of anilines is 1. The molecule has 0 spiro atoms. The van der Waals surface area contributed by atoms with E-state index in [2.05, 4.69) is 4.90 Å². The number of nitrogens with two attached hydrogens (primary N) is 1. The highest BCUT2D eigenvalue weighted by atomic mass is 16.6. The summed E-state index contributed by atoms with van der Waals surface area (Å²) in [7, 11) is 0. The van der Waals surface area contributed by atoms with Crippen molar-refractivity contribution in [1.82, 2.24) is 9.80 Å². The fourth-order valence-corrected chi connectivity index (χ4v) is 3.10. The van der Waals surface area contributed by atoms with Crippen LogP contribution in [-0.2, 0) is 4.79 Å². The van der Waals surface area contributed by atoms with Crippen molar-refractivity contribution in [2.75, 3.05) is 50.7 Å².